The number of piperazine rings is 1. The van der Waals surface area contributed by atoms with E-state index in [1.54, 1.807) is 0 Å². The molecule has 7 nitrogen and oxygen atoms in total. The number of aryl methyl sites for hydroxylation is 1. The summed E-state index contributed by atoms with van der Waals surface area (Å²) in [4.78, 5) is 14.1. The molecule has 0 amide bonds. The standard InChI is InChI=1S/C22H23N7/c1-17-23-21(28-14-12-27(13-15-28)19-10-6-3-7-11-19)20-22(24-17)29(26-25-20)16-18-8-4-2-5-9-18/h2-11H,12-16H2,1H3. The monoisotopic (exact) mass is 385 g/mol. The average molecular weight is 385 g/mol. The van der Waals surface area contributed by atoms with Crippen LogP contribution in [0.25, 0.3) is 11.2 Å². The Morgan fingerprint density at radius 3 is 2.17 bits per heavy atom. The fourth-order valence-corrected chi connectivity index (χ4v) is 3.85. The Kier molecular flexibility index (Phi) is 4.56. The van der Waals surface area contributed by atoms with Crippen LogP contribution in [0.5, 0.6) is 0 Å². The molecule has 4 aromatic rings. The highest BCUT2D eigenvalue weighted by molar-refractivity contribution is 5.83. The quantitative estimate of drug-likeness (QED) is 0.538. The van der Waals surface area contributed by atoms with E-state index in [-0.39, 0.29) is 0 Å². The molecule has 7 heteroatoms. The van der Waals surface area contributed by atoms with Crippen molar-refractivity contribution in [3.8, 4) is 0 Å². The highest BCUT2D eigenvalue weighted by Crippen LogP contribution is 2.25. The summed E-state index contributed by atoms with van der Waals surface area (Å²) in [6.07, 6.45) is 0. The molecule has 3 heterocycles. The summed E-state index contributed by atoms with van der Waals surface area (Å²) in [6, 6.07) is 20.8. The lowest BCUT2D eigenvalue weighted by molar-refractivity contribution is 0.647. The van der Waals surface area contributed by atoms with Crippen molar-refractivity contribution >= 4 is 22.7 Å². The molecule has 0 unspecified atom stereocenters. The highest BCUT2D eigenvalue weighted by atomic mass is 15.5. The van der Waals surface area contributed by atoms with E-state index in [1.165, 1.54) is 11.3 Å². The number of para-hydroxylation sites is 1. The maximum atomic E-state index is 4.72. The molecule has 0 atom stereocenters. The molecule has 0 bridgehead atoms. The van der Waals surface area contributed by atoms with Crippen molar-refractivity contribution in [3.05, 3.63) is 72.1 Å². The van der Waals surface area contributed by atoms with Crippen LogP contribution in [0.3, 0.4) is 0 Å². The van der Waals surface area contributed by atoms with E-state index in [0.717, 1.165) is 49.0 Å². The first-order valence-corrected chi connectivity index (χ1v) is 9.94. The average Bonchev–Trinajstić information content (AvgIpc) is 3.17. The van der Waals surface area contributed by atoms with Gasteiger partial charge in [0.1, 0.15) is 5.82 Å². The summed E-state index contributed by atoms with van der Waals surface area (Å²) in [6.45, 7) is 6.27. The van der Waals surface area contributed by atoms with Crippen LogP contribution in [0.15, 0.2) is 60.7 Å². The predicted octanol–water partition coefficient (Wildman–Crippen LogP) is 2.90. The molecule has 2 aromatic heterocycles. The first-order chi connectivity index (χ1) is 14.3. The largest absolute Gasteiger partial charge is 0.368 e. The summed E-state index contributed by atoms with van der Waals surface area (Å²) in [7, 11) is 0. The number of benzene rings is 2. The summed E-state index contributed by atoms with van der Waals surface area (Å²) in [5, 5.41) is 8.82. The molecule has 5 rings (SSSR count). The van der Waals surface area contributed by atoms with Gasteiger partial charge in [-0.05, 0) is 24.6 Å². The first kappa shape index (κ1) is 17.6. The fraction of sp³-hybridized carbons (Fsp3) is 0.273. The van der Waals surface area contributed by atoms with Gasteiger partial charge in [0.2, 0.25) is 0 Å². The SMILES string of the molecule is Cc1nc(N2CCN(c3ccccc3)CC2)c2nnn(Cc3ccccc3)c2n1. The topological polar surface area (TPSA) is 63.0 Å². The molecule has 0 radical (unpaired) electrons. The zero-order chi connectivity index (χ0) is 19.6. The van der Waals surface area contributed by atoms with Crippen molar-refractivity contribution in [2.24, 2.45) is 0 Å². The molecule has 2 aromatic carbocycles. The van der Waals surface area contributed by atoms with Crippen LogP contribution in [0.2, 0.25) is 0 Å². The molecule has 0 aliphatic carbocycles. The molecule has 0 saturated carbocycles. The Bertz CT molecular complexity index is 1100. The number of fused-ring (bicyclic) bond motifs is 1. The number of hydrogen-bond donors (Lipinski definition) is 0. The summed E-state index contributed by atoms with van der Waals surface area (Å²) >= 11 is 0. The van der Waals surface area contributed by atoms with Crippen LogP contribution >= 0.6 is 0 Å². The minimum Gasteiger partial charge on any atom is -0.368 e. The Morgan fingerprint density at radius 2 is 1.45 bits per heavy atom. The number of nitrogens with zero attached hydrogens (tertiary/aromatic N) is 7. The second-order valence-electron chi connectivity index (χ2n) is 7.31. The Balaban J connectivity index is 1.41. The molecule has 1 saturated heterocycles. The first-order valence-electron chi connectivity index (χ1n) is 9.94. The third-order valence-electron chi connectivity index (χ3n) is 5.33. The molecule has 29 heavy (non-hydrogen) atoms. The van der Waals surface area contributed by atoms with Gasteiger partial charge in [-0.25, -0.2) is 14.6 Å². The number of aromatic nitrogens is 5. The fourth-order valence-electron chi connectivity index (χ4n) is 3.85. The molecule has 0 N–H and O–H groups in total. The van der Waals surface area contributed by atoms with Crippen LogP contribution in [0.1, 0.15) is 11.4 Å². The van der Waals surface area contributed by atoms with E-state index in [4.69, 9.17) is 4.98 Å². The van der Waals surface area contributed by atoms with Crippen molar-refractivity contribution in [2.45, 2.75) is 13.5 Å². The third kappa shape index (κ3) is 3.51. The van der Waals surface area contributed by atoms with Gasteiger partial charge in [0.15, 0.2) is 17.0 Å². The van der Waals surface area contributed by atoms with Gasteiger partial charge in [-0.3, -0.25) is 0 Å². The van der Waals surface area contributed by atoms with Gasteiger partial charge in [0.05, 0.1) is 6.54 Å². The number of anilines is 2. The highest BCUT2D eigenvalue weighted by Gasteiger charge is 2.23. The minimum atomic E-state index is 0.648. The number of hydrogen-bond acceptors (Lipinski definition) is 6. The van der Waals surface area contributed by atoms with E-state index >= 15 is 0 Å². The van der Waals surface area contributed by atoms with Gasteiger partial charge < -0.3 is 9.80 Å². The summed E-state index contributed by atoms with van der Waals surface area (Å²) < 4.78 is 1.86. The number of rotatable bonds is 4. The van der Waals surface area contributed by atoms with E-state index in [1.807, 2.05) is 29.8 Å². The van der Waals surface area contributed by atoms with Crippen molar-refractivity contribution in [2.75, 3.05) is 36.0 Å². The van der Waals surface area contributed by atoms with Crippen molar-refractivity contribution < 1.29 is 0 Å². The lowest BCUT2D eigenvalue weighted by Gasteiger charge is -2.36. The second kappa shape index (κ2) is 7.50. The lowest BCUT2D eigenvalue weighted by Crippen LogP contribution is -2.47. The zero-order valence-electron chi connectivity index (χ0n) is 16.4. The Hall–Kier alpha value is -3.48. The molecular weight excluding hydrogens is 362 g/mol. The summed E-state index contributed by atoms with van der Waals surface area (Å²) in [5.41, 5.74) is 4.01. The van der Waals surface area contributed by atoms with E-state index in [9.17, 15) is 0 Å². The molecule has 1 aliphatic rings. The van der Waals surface area contributed by atoms with Crippen molar-refractivity contribution in [1.29, 1.82) is 0 Å². The van der Waals surface area contributed by atoms with Crippen LogP contribution in [-0.2, 0) is 6.54 Å². The van der Waals surface area contributed by atoms with E-state index < -0.39 is 0 Å². The Morgan fingerprint density at radius 1 is 0.793 bits per heavy atom. The maximum Gasteiger partial charge on any atom is 0.184 e. The molecule has 0 spiro atoms. The maximum absolute atomic E-state index is 4.72. The van der Waals surface area contributed by atoms with E-state index in [2.05, 4.69) is 67.6 Å². The van der Waals surface area contributed by atoms with Gasteiger partial charge in [0.25, 0.3) is 0 Å². The molecular formula is C22H23N7. The van der Waals surface area contributed by atoms with Crippen molar-refractivity contribution in [3.63, 3.8) is 0 Å². The lowest BCUT2D eigenvalue weighted by atomic mass is 10.2. The normalized spacial score (nSPS) is 14.5. The van der Waals surface area contributed by atoms with Crippen molar-refractivity contribution in [1.82, 2.24) is 25.0 Å². The predicted molar refractivity (Wildman–Crippen MR) is 114 cm³/mol. The van der Waals surface area contributed by atoms with Crippen LogP contribution < -0.4 is 9.80 Å². The zero-order valence-corrected chi connectivity index (χ0v) is 16.4. The van der Waals surface area contributed by atoms with Gasteiger partial charge in [-0.15, -0.1) is 5.10 Å². The van der Waals surface area contributed by atoms with Gasteiger partial charge in [0, 0.05) is 31.9 Å². The van der Waals surface area contributed by atoms with Gasteiger partial charge in [-0.2, -0.15) is 0 Å². The molecule has 1 fully saturated rings. The van der Waals surface area contributed by atoms with Gasteiger partial charge >= 0.3 is 0 Å². The van der Waals surface area contributed by atoms with Crippen LogP contribution in [-0.4, -0.2) is 51.1 Å². The third-order valence-corrected chi connectivity index (χ3v) is 5.33. The van der Waals surface area contributed by atoms with Crippen LogP contribution in [0.4, 0.5) is 11.5 Å². The Labute approximate surface area is 169 Å². The van der Waals surface area contributed by atoms with Gasteiger partial charge in [-0.1, -0.05) is 53.7 Å². The summed E-state index contributed by atoms with van der Waals surface area (Å²) in [5.74, 6) is 1.63. The van der Waals surface area contributed by atoms with Crippen LogP contribution in [0, 0.1) is 6.92 Å². The molecule has 1 aliphatic heterocycles. The van der Waals surface area contributed by atoms with E-state index in [0.29, 0.717) is 6.54 Å². The second-order valence-corrected chi connectivity index (χ2v) is 7.31. The molecule has 146 valence electrons. The smallest absolute Gasteiger partial charge is 0.184 e. The minimum absolute atomic E-state index is 0.648.